The number of carbonyl (C=O) groups is 1. The molecule has 4 nitrogen and oxygen atoms in total. The van der Waals surface area contributed by atoms with Crippen molar-refractivity contribution in [2.45, 2.75) is 33.6 Å². The lowest BCUT2D eigenvalue weighted by molar-refractivity contribution is -0.120. The van der Waals surface area contributed by atoms with Gasteiger partial charge in [0.05, 0.1) is 13.0 Å². The van der Waals surface area contributed by atoms with Crippen LogP contribution in [-0.4, -0.2) is 12.5 Å². The Morgan fingerprint density at radius 3 is 2.74 bits per heavy atom. The van der Waals surface area contributed by atoms with Gasteiger partial charge < -0.3 is 4.74 Å². The highest BCUT2D eigenvalue weighted by Gasteiger charge is 2.12. The third kappa shape index (κ3) is 5.30. The number of ether oxygens (including phenoxy) is 1. The van der Waals surface area contributed by atoms with E-state index in [4.69, 9.17) is 10.6 Å². The van der Waals surface area contributed by atoms with Crippen LogP contribution in [0.4, 0.5) is 0 Å². The van der Waals surface area contributed by atoms with E-state index in [2.05, 4.69) is 26.2 Å². The molecule has 0 spiro atoms. The van der Waals surface area contributed by atoms with Gasteiger partial charge >= 0.3 is 0 Å². The second-order valence-electron chi connectivity index (χ2n) is 5.12. The summed E-state index contributed by atoms with van der Waals surface area (Å²) in [5.41, 5.74) is 3.03. The maximum Gasteiger partial charge on any atom is 0.238 e. The Balaban J connectivity index is 2.59. The largest absolute Gasteiger partial charge is 0.493 e. The molecule has 1 aromatic carbocycles. The third-order valence-electron chi connectivity index (χ3n) is 3.36. The van der Waals surface area contributed by atoms with Crippen LogP contribution < -0.4 is 16.0 Å². The smallest absolute Gasteiger partial charge is 0.238 e. The maximum absolute atomic E-state index is 11.2. The standard InChI is InChI=1S/C15H24N2O2/c1-4-13(11(2)3)10-19-14-7-5-6-12(8-14)9-15(18)17-16/h5-8,11,13H,4,9-10,16H2,1-3H3,(H,17,18)/t13-/m0/s1. The summed E-state index contributed by atoms with van der Waals surface area (Å²) in [5.74, 6) is 6.84. The molecule has 0 aliphatic heterocycles. The van der Waals surface area contributed by atoms with E-state index in [0.29, 0.717) is 18.4 Å². The molecule has 0 saturated carbocycles. The van der Waals surface area contributed by atoms with Crippen LogP contribution in [0.25, 0.3) is 0 Å². The lowest BCUT2D eigenvalue weighted by Crippen LogP contribution is -2.31. The summed E-state index contributed by atoms with van der Waals surface area (Å²) >= 11 is 0. The molecule has 0 unspecified atom stereocenters. The van der Waals surface area contributed by atoms with Crippen molar-refractivity contribution >= 4 is 5.91 Å². The second-order valence-corrected chi connectivity index (χ2v) is 5.12. The molecule has 0 heterocycles. The minimum Gasteiger partial charge on any atom is -0.493 e. The monoisotopic (exact) mass is 264 g/mol. The molecule has 0 saturated heterocycles. The Bertz CT molecular complexity index is 405. The summed E-state index contributed by atoms with van der Waals surface area (Å²) in [4.78, 5) is 11.2. The highest BCUT2D eigenvalue weighted by molar-refractivity contribution is 5.77. The summed E-state index contributed by atoms with van der Waals surface area (Å²) < 4.78 is 5.81. The van der Waals surface area contributed by atoms with Crippen LogP contribution in [-0.2, 0) is 11.2 Å². The first-order valence-corrected chi connectivity index (χ1v) is 6.78. The molecule has 1 amide bonds. The van der Waals surface area contributed by atoms with Crippen molar-refractivity contribution in [1.29, 1.82) is 0 Å². The third-order valence-corrected chi connectivity index (χ3v) is 3.36. The van der Waals surface area contributed by atoms with Gasteiger partial charge in [-0.25, -0.2) is 5.84 Å². The second kappa shape index (κ2) is 7.79. The van der Waals surface area contributed by atoms with E-state index in [9.17, 15) is 4.79 Å². The number of hydrazine groups is 1. The number of nitrogens with one attached hydrogen (secondary N) is 1. The van der Waals surface area contributed by atoms with Crippen molar-refractivity contribution in [3.05, 3.63) is 29.8 Å². The minimum atomic E-state index is -0.203. The summed E-state index contributed by atoms with van der Waals surface area (Å²) in [5, 5.41) is 0. The average Bonchev–Trinajstić information content (AvgIpc) is 2.39. The van der Waals surface area contributed by atoms with Crippen molar-refractivity contribution < 1.29 is 9.53 Å². The van der Waals surface area contributed by atoms with Gasteiger partial charge in [0.2, 0.25) is 5.91 Å². The molecule has 1 aromatic rings. The van der Waals surface area contributed by atoms with Gasteiger partial charge in [-0.3, -0.25) is 10.2 Å². The number of rotatable bonds is 7. The zero-order valence-electron chi connectivity index (χ0n) is 12.0. The number of hydrogen-bond donors (Lipinski definition) is 2. The number of nitrogens with two attached hydrogens (primary N) is 1. The van der Waals surface area contributed by atoms with Crippen LogP contribution in [0.2, 0.25) is 0 Å². The molecule has 0 aliphatic rings. The van der Waals surface area contributed by atoms with Crippen molar-refractivity contribution in [2.24, 2.45) is 17.7 Å². The molecule has 1 atom stereocenters. The van der Waals surface area contributed by atoms with Crippen LogP contribution in [0.15, 0.2) is 24.3 Å². The predicted octanol–water partition coefficient (Wildman–Crippen LogP) is 2.28. The summed E-state index contributed by atoms with van der Waals surface area (Å²) in [6.45, 7) is 7.30. The van der Waals surface area contributed by atoms with Gasteiger partial charge in [0, 0.05) is 0 Å². The van der Waals surface area contributed by atoms with Gasteiger partial charge in [-0.2, -0.15) is 0 Å². The van der Waals surface area contributed by atoms with E-state index in [0.717, 1.165) is 17.7 Å². The van der Waals surface area contributed by atoms with Gasteiger partial charge in [0.1, 0.15) is 5.75 Å². The lowest BCUT2D eigenvalue weighted by Gasteiger charge is -2.19. The highest BCUT2D eigenvalue weighted by Crippen LogP contribution is 2.19. The normalized spacial score (nSPS) is 12.3. The van der Waals surface area contributed by atoms with Crippen molar-refractivity contribution in [1.82, 2.24) is 5.43 Å². The van der Waals surface area contributed by atoms with Crippen LogP contribution >= 0.6 is 0 Å². The molecule has 3 N–H and O–H groups in total. The first-order chi connectivity index (χ1) is 9.06. The molecule has 0 aliphatic carbocycles. The van der Waals surface area contributed by atoms with Crippen molar-refractivity contribution in [3.8, 4) is 5.75 Å². The fourth-order valence-electron chi connectivity index (χ4n) is 1.97. The SMILES string of the molecule is CC[C@@H](COc1cccc(CC(=O)NN)c1)C(C)C. The first-order valence-electron chi connectivity index (χ1n) is 6.78. The van der Waals surface area contributed by atoms with Crippen LogP contribution in [0.5, 0.6) is 5.75 Å². The Morgan fingerprint density at radius 2 is 2.16 bits per heavy atom. The molecule has 0 bridgehead atoms. The van der Waals surface area contributed by atoms with E-state index in [1.807, 2.05) is 24.3 Å². The van der Waals surface area contributed by atoms with Crippen LogP contribution in [0.1, 0.15) is 32.8 Å². The Kier molecular flexibility index (Phi) is 6.36. The first kappa shape index (κ1) is 15.5. The number of amides is 1. The highest BCUT2D eigenvalue weighted by atomic mass is 16.5. The molecule has 0 radical (unpaired) electrons. The fourth-order valence-corrected chi connectivity index (χ4v) is 1.97. The van der Waals surface area contributed by atoms with E-state index in [-0.39, 0.29) is 12.3 Å². The van der Waals surface area contributed by atoms with E-state index < -0.39 is 0 Å². The predicted molar refractivity (Wildman–Crippen MR) is 76.6 cm³/mol. The van der Waals surface area contributed by atoms with Gasteiger partial charge in [0.15, 0.2) is 0 Å². The topological polar surface area (TPSA) is 64.3 Å². The number of benzene rings is 1. The average molecular weight is 264 g/mol. The Morgan fingerprint density at radius 1 is 1.42 bits per heavy atom. The minimum absolute atomic E-state index is 0.203. The van der Waals surface area contributed by atoms with Gasteiger partial charge in [-0.15, -0.1) is 0 Å². The number of hydrogen-bond acceptors (Lipinski definition) is 3. The lowest BCUT2D eigenvalue weighted by atomic mass is 9.94. The zero-order chi connectivity index (χ0) is 14.3. The summed E-state index contributed by atoms with van der Waals surface area (Å²) in [6, 6.07) is 7.59. The molecule has 0 fully saturated rings. The Hall–Kier alpha value is -1.55. The van der Waals surface area contributed by atoms with Crippen LogP contribution in [0.3, 0.4) is 0 Å². The van der Waals surface area contributed by atoms with Crippen molar-refractivity contribution in [3.63, 3.8) is 0 Å². The van der Waals surface area contributed by atoms with E-state index in [1.54, 1.807) is 0 Å². The molecule has 4 heteroatoms. The molecular weight excluding hydrogens is 240 g/mol. The van der Waals surface area contributed by atoms with Gasteiger partial charge in [-0.1, -0.05) is 32.9 Å². The fraction of sp³-hybridized carbons (Fsp3) is 0.533. The quantitative estimate of drug-likeness (QED) is 0.451. The molecule has 19 heavy (non-hydrogen) atoms. The van der Waals surface area contributed by atoms with E-state index >= 15 is 0 Å². The molecule has 0 aromatic heterocycles. The van der Waals surface area contributed by atoms with Gasteiger partial charge in [0.25, 0.3) is 0 Å². The van der Waals surface area contributed by atoms with Crippen molar-refractivity contribution in [2.75, 3.05) is 6.61 Å². The number of carbonyl (C=O) groups excluding carboxylic acids is 1. The van der Waals surface area contributed by atoms with Crippen LogP contribution in [0, 0.1) is 11.8 Å². The molecular formula is C15H24N2O2. The zero-order valence-corrected chi connectivity index (χ0v) is 12.0. The molecule has 106 valence electrons. The summed E-state index contributed by atoms with van der Waals surface area (Å²) in [6.07, 6.45) is 1.38. The summed E-state index contributed by atoms with van der Waals surface area (Å²) in [7, 11) is 0. The Labute approximate surface area is 115 Å². The van der Waals surface area contributed by atoms with E-state index in [1.165, 1.54) is 0 Å². The van der Waals surface area contributed by atoms with Gasteiger partial charge in [-0.05, 0) is 36.0 Å². The maximum atomic E-state index is 11.2. The molecule has 1 rings (SSSR count).